The summed E-state index contributed by atoms with van der Waals surface area (Å²) in [6, 6.07) is 1.45. The molecule has 0 aromatic carbocycles. The van der Waals surface area contributed by atoms with Crippen LogP contribution in [0.4, 0.5) is 0 Å². The summed E-state index contributed by atoms with van der Waals surface area (Å²) in [4.78, 5) is 0. The average molecular weight is 198 g/mol. The predicted molar refractivity (Wildman–Crippen MR) is 52.6 cm³/mol. The molecule has 1 fully saturated rings. The Morgan fingerprint density at radius 1 is 1.50 bits per heavy atom. The second kappa shape index (κ2) is 5.97. The van der Waals surface area contributed by atoms with Crippen molar-refractivity contribution in [2.24, 2.45) is 5.73 Å². The quantitative estimate of drug-likeness (QED) is 0.726. The molecule has 1 aliphatic carbocycles. The summed E-state index contributed by atoms with van der Waals surface area (Å²) in [7, 11) is 1.73. The molecule has 1 rings (SSSR count). The number of hydrogen-bond acceptors (Lipinski definition) is 4. The van der Waals surface area contributed by atoms with Gasteiger partial charge in [0.1, 0.15) is 6.04 Å². The fourth-order valence-corrected chi connectivity index (χ4v) is 1.74. The number of nitriles is 1. The molecule has 0 aliphatic heterocycles. The van der Waals surface area contributed by atoms with Gasteiger partial charge < -0.3 is 15.2 Å². The van der Waals surface area contributed by atoms with Crippen molar-refractivity contribution >= 4 is 0 Å². The average Bonchev–Trinajstić information content (AvgIpc) is 2.26. The van der Waals surface area contributed by atoms with Gasteiger partial charge in [0.15, 0.2) is 0 Å². The Kier molecular flexibility index (Phi) is 4.88. The molecule has 3 unspecified atom stereocenters. The first-order valence-electron chi connectivity index (χ1n) is 5.06. The largest absolute Gasteiger partial charge is 0.381 e. The lowest BCUT2D eigenvalue weighted by molar-refractivity contribution is -0.0301. The van der Waals surface area contributed by atoms with E-state index in [4.69, 9.17) is 20.5 Å². The molecule has 0 spiro atoms. The highest BCUT2D eigenvalue weighted by molar-refractivity contribution is 4.86. The minimum atomic E-state index is -0.502. The van der Waals surface area contributed by atoms with E-state index in [1.807, 2.05) is 6.07 Å². The van der Waals surface area contributed by atoms with E-state index in [9.17, 15) is 0 Å². The summed E-state index contributed by atoms with van der Waals surface area (Å²) in [5.74, 6) is 0. The van der Waals surface area contributed by atoms with Crippen LogP contribution in [-0.2, 0) is 9.47 Å². The van der Waals surface area contributed by atoms with Crippen molar-refractivity contribution < 1.29 is 9.47 Å². The number of nitrogens with zero attached hydrogens (tertiary/aromatic N) is 1. The van der Waals surface area contributed by atoms with Crippen LogP contribution in [0.25, 0.3) is 0 Å². The van der Waals surface area contributed by atoms with Gasteiger partial charge in [-0.2, -0.15) is 5.26 Å². The molecule has 3 atom stereocenters. The summed E-state index contributed by atoms with van der Waals surface area (Å²) in [6.07, 6.45) is 4.75. The SMILES string of the molecule is COC1CCCC(OCC(N)C#N)C1. The molecule has 4 nitrogen and oxygen atoms in total. The standard InChI is InChI=1S/C10H18N2O2/c1-13-9-3-2-4-10(5-9)14-7-8(12)6-11/h8-10H,2-5,7,12H2,1H3. The van der Waals surface area contributed by atoms with Crippen LogP contribution in [0.5, 0.6) is 0 Å². The molecule has 0 aromatic heterocycles. The molecule has 0 amide bonds. The van der Waals surface area contributed by atoms with E-state index in [1.54, 1.807) is 7.11 Å². The lowest BCUT2D eigenvalue weighted by Crippen LogP contribution is -2.32. The van der Waals surface area contributed by atoms with Crippen molar-refractivity contribution in [1.82, 2.24) is 0 Å². The molecule has 0 bridgehead atoms. The summed E-state index contributed by atoms with van der Waals surface area (Å²) in [6.45, 7) is 0.331. The Morgan fingerprint density at radius 2 is 2.21 bits per heavy atom. The predicted octanol–water partition coefficient (Wildman–Crippen LogP) is 0.811. The van der Waals surface area contributed by atoms with Crippen molar-refractivity contribution in [3.63, 3.8) is 0 Å². The summed E-state index contributed by atoms with van der Waals surface area (Å²) in [5, 5.41) is 8.48. The molecule has 2 N–H and O–H groups in total. The van der Waals surface area contributed by atoms with E-state index in [0.717, 1.165) is 25.7 Å². The van der Waals surface area contributed by atoms with Gasteiger partial charge in [0.2, 0.25) is 0 Å². The monoisotopic (exact) mass is 198 g/mol. The zero-order valence-electron chi connectivity index (χ0n) is 8.61. The van der Waals surface area contributed by atoms with Crippen LogP contribution in [0, 0.1) is 11.3 Å². The lowest BCUT2D eigenvalue weighted by Gasteiger charge is -2.28. The van der Waals surface area contributed by atoms with Crippen LogP contribution < -0.4 is 5.73 Å². The maximum atomic E-state index is 8.48. The van der Waals surface area contributed by atoms with Crippen LogP contribution in [0.1, 0.15) is 25.7 Å². The fourth-order valence-electron chi connectivity index (χ4n) is 1.74. The second-order valence-corrected chi connectivity index (χ2v) is 3.72. The van der Waals surface area contributed by atoms with Gasteiger partial charge in [0.25, 0.3) is 0 Å². The molecule has 0 saturated heterocycles. The highest BCUT2D eigenvalue weighted by Gasteiger charge is 2.22. The fraction of sp³-hybridized carbons (Fsp3) is 0.900. The zero-order chi connectivity index (χ0) is 10.4. The third kappa shape index (κ3) is 3.62. The number of nitrogens with two attached hydrogens (primary N) is 1. The Labute approximate surface area is 85.0 Å². The number of methoxy groups -OCH3 is 1. The Hall–Kier alpha value is -0.630. The van der Waals surface area contributed by atoms with E-state index < -0.39 is 6.04 Å². The third-order valence-corrected chi connectivity index (χ3v) is 2.59. The van der Waals surface area contributed by atoms with Gasteiger partial charge in [-0.3, -0.25) is 0 Å². The minimum absolute atomic E-state index is 0.216. The van der Waals surface area contributed by atoms with Crippen molar-refractivity contribution in [3.8, 4) is 6.07 Å². The molecule has 1 aliphatic rings. The highest BCUT2D eigenvalue weighted by atomic mass is 16.5. The normalized spacial score (nSPS) is 29.5. The van der Waals surface area contributed by atoms with Crippen LogP contribution in [0.15, 0.2) is 0 Å². The third-order valence-electron chi connectivity index (χ3n) is 2.59. The van der Waals surface area contributed by atoms with Crippen LogP contribution in [-0.4, -0.2) is 32.0 Å². The van der Waals surface area contributed by atoms with E-state index in [0.29, 0.717) is 12.7 Å². The van der Waals surface area contributed by atoms with Crippen molar-refractivity contribution in [2.75, 3.05) is 13.7 Å². The van der Waals surface area contributed by atoms with Gasteiger partial charge in [-0.25, -0.2) is 0 Å². The number of rotatable bonds is 4. The van der Waals surface area contributed by atoms with Gasteiger partial charge >= 0.3 is 0 Å². The topological polar surface area (TPSA) is 68.3 Å². The van der Waals surface area contributed by atoms with Gasteiger partial charge in [0, 0.05) is 7.11 Å². The molecule has 1 saturated carbocycles. The molecule has 14 heavy (non-hydrogen) atoms. The first kappa shape index (κ1) is 11.4. The molecule has 80 valence electrons. The first-order valence-corrected chi connectivity index (χ1v) is 5.06. The summed E-state index contributed by atoms with van der Waals surface area (Å²) in [5.41, 5.74) is 5.44. The molecular weight excluding hydrogens is 180 g/mol. The second-order valence-electron chi connectivity index (χ2n) is 3.72. The molecule has 0 aromatic rings. The molecule has 4 heteroatoms. The Balaban J connectivity index is 2.21. The van der Waals surface area contributed by atoms with E-state index in [1.165, 1.54) is 0 Å². The van der Waals surface area contributed by atoms with E-state index in [2.05, 4.69) is 0 Å². The van der Waals surface area contributed by atoms with Gasteiger partial charge in [0.05, 0.1) is 24.9 Å². The van der Waals surface area contributed by atoms with Gasteiger partial charge in [-0.1, -0.05) is 0 Å². The highest BCUT2D eigenvalue weighted by Crippen LogP contribution is 2.22. The van der Waals surface area contributed by atoms with E-state index >= 15 is 0 Å². The first-order chi connectivity index (χ1) is 6.76. The summed E-state index contributed by atoms with van der Waals surface area (Å²) >= 11 is 0. The molecule has 0 radical (unpaired) electrons. The Morgan fingerprint density at radius 3 is 2.86 bits per heavy atom. The van der Waals surface area contributed by atoms with Crippen molar-refractivity contribution in [3.05, 3.63) is 0 Å². The van der Waals surface area contributed by atoms with Crippen LogP contribution in [0.2, 0.25) is 0 Å². The van der Waals surface area contributed by atoms with Crippen molar-refractivity contribution in [2.45, 2.75) is 43.9 Å². The summed E-state index contributed by atoms with van der Waals surface area (Å²) < 4.78 is 10.8. The van der Waals surface area contributed by atoms with Gasteiger partial charge in [-0.05, 0) is 25.7 Å². The van der Waals surface area contributed by atoms with Crippen LogP contribution in [0.3, 0.4) is 0 Å². The smallest absolute Gasteiger partial charge is 0.116 e. The Bertz CT molecular complexity index is 203. The maximum Gasteiger partial charge on any atom is 0.116 e. The van der Waals surface area contributed by atoms with Crippen molar-refractivity contribution in [1.29, 1.82) is 5.26 Å². The zero-order valence-corrected chi connectivity index (χ0v) is 8.61. The van der Waals surface area contributed by atoms with Crippen LogP contribution >= 0.6 is 0 Å². The number of ether oxygens (including phenoxy) is 2. The lowest BCUT2D eigenvalue weighted by atomic mass is 9.95. The van der Waals surface area contributed by atoms with E-state index in [-0.39, 0.29) is 6.10 Å². The minimum Gasteiger partial charge on any atom is -0.381 e. The molecule has 0 heterocycles. The maximum absolute atomic E-state index is 8.48. The molecular formula is C10H18N2O2. The van der Waals surface area contributed by atoms with Gasteiger partial charge in [-0.15, -0.1) is 0 Å². The number of hydrogen-bond donors (Lipinski definition) is 1.